The zero-order chi connectivity index (χ0) is 40.5. The quantitative estimate of drug-likeness (QED) is 0.154. The van der Waals surface area contributed by atoms with Gasteiger partial charge in [-0.05, 0) is 80.9 Å². The number of hydrogen-bond donors (Lipinski definition) is 0. The van der Waals surface area contributed by atoms with E-state index in [1.807, 2.05) is 36.4 Å². The summed E-state index contributed by atoms with van der Waals surface area (Å²) in [6.07, 6.45) is 0. The van der Waals surface area contributed by atoms with Gasteiger partial charge in [0, 0.05) is 33.2 Å². The first-order chi connectivity index (χ1) is 30.2. The summed E-state index contributed by atoms with van der Waals surface area (Å²) in [6.45, 7) is 0. The minimum Gasteiger partial charge on any atom is -0.309 e. The largest absolute Gasteiger partial charge is 0.309 e. The summed E-state index contributed by atoms with van der Waals surface area (Å²) >= 11 is 0. The van der Waals surface area contributed by atoms with E-state index >= 15 is 0 Å². The van der Waals surface area contributed by atoms with Crippen molar-refractivity contribution in [3.05, 3.63) is 231 Å². The molecule has 0 radical (unpaired) electrons. The van der Waals surface area contributed by atoms with Crippen LogP contribution in [0.3, 0.4) is 0 Å². The molecule has 2 aromatic heterocycles. The highest BCUT2D eigenvalue weighted by Crippen LogP contribution is 2.38. The van der Waals surface area contributed by atoms with Crippen LogP contribution in [0, 0.1) is 0 Å². The lowest BCUT2D eigenvalue weighted by atomic mass is 10.0. The van der Waals surface area contributed by atoms with Crippen molar-refractivity contribution in [1.29, 1.82) is 0 Å². The van der Waals surface area contributed by atoms with Crippen LogP contribution in [-0.4, -0.2) is 19.5 Å². The van der Waals surface area contributed by atoms with Crippen molar-refractivity contribution in [2.75, 3.05) is 0 Å². The zero-order valence-corrected chi connectivity index (χ0v) is 33.2. The van der Waals surface area contributed by atoms with Crippen molar-refractivity contribution in [1.82, 2.24) is 19.5 Å². The van der Waals surface area contributed by atoms with Gasteiger partial charge in [0.05, 0.1) is 11.0 Å². The molecule has 0 saturated heterocycles. The molecule has 0 bridgehead atoms. The molecule has 4 nitrogen and oxygen atoms in total. The van der Waals surface area contributed by atoms with E-state index in [-0.39, 0.29) is 0 Å². The Balaban J connectivity index is 0.935. The van der Waals surface area contributed by atoms with Gasteiger partial charge in [0.25, 0.3) is 0 Å². The Labute approximate surface area is 354 Å². The van der Waals surface area contributed by atoms with Crippen LogP contribution >= 0.6 is 0 Å². The van der Waals surface area contributed by atoms with Crippen molar-refractivity contribution in [2.45, 2.75) is 0 Å². The van der Waals surface area contributed by atoms with Crippen molar-refractivity contribution >= 4 is 21.8 Å². The second-order valence-corrected chi connectivity index (χ2v) is 15.3. The maximum Gasteiger partial charge on any atom is 0.164 e. The van der Waals surface area contributed by atoms with Crippen LogP contribution in [0.2, 0.25) is 0 Å². The van der Waals surface area contributed by atoms with Gasteiger partial charge in [-0.3, -0.25) is 0 Å². The molecule has 0 fully saturated rings. The minimum absolute atomic E-state index is 0.634. The van der Waals surface area contributed by atoms with Crippen LogP contribution in [0.4, 0.5) is 0 Å². The Hall–Kier alpha value is -8.21. The van der Waals surface area contributed by atoms with Crippen LogP contribution in [-0.2, 0) is 0 Å². The molecule has 4 heteroatoms. The van der Waals surface area contributed by atoms with Gasteiger partial charge in [0.15, 0.2) is 17.5 Å². The second-order valence-electron chi connectivity index (χ2n) is 15.3. The zero-order valence-electron chi connectivity index (χ0n) is 33.2. The molecular formula is C57H38N4. The molecule has 0 aliphatic heterocycles. The van der Waals surface area contributed by atoms with Gasteiger partial charge in [0.1, 0.15) is 0 Å². The molecule has 0 atom stereocenters. The lowest BCUT2D eigenvalue weighted by Crippen LogP contribution is -2.00. The molecular weight excluding hydrogens is 741 g/mol. The van der Waals surface area contributed by atoms with E-state index in [0.29, 0.717) is 17.5 Å². The Bertz CT molecular complexity index is 3190. The number of rotatable bonds is 8. The lowest BCUT2D eigenvalue weighted by molar-refractivity contribution is 1.07. The highest BCUT2D eigenvalue weighted by molar-refractivity contribution is 6.11. The fourth-order valence-corrected chi connectivity index (χ4v) is 8.33. The number of aromatic nitrogens is 4. The van der Waals surface area contributed by atoms with E-state index in [1.54, 1.807) is 0 Å². The summed E-state index contributed by atoms with van der Waals surface area (Å²) in [5, 5.41) is 2.46. The molecule has 0 N–H and O–H groups in total. The van der Waals surface area contributed by atoms with E-state index < -0.39 is 0 Å². The van der Waals surface area contributed by atoms with Crippen LogP contribution < -0.4 is 0 Å². The molecule has 0 aliphatic rings. The topological polar surface area (TPSA) is 43.6 Å². The van der Waals surface area contributed by atoms with Gasteiger partial charge in [-0.1, -0.05) is 194 Å². The van der Waals surface area contributed by atoms with Gasteiger partial charge in [0.2, 0.25) is 0 Å². The molecule has 286 valence electrons. The van der Waals surface area contributed by atoms with Crippen molar-refractivity contribution in [3.8, 4) is 84.4 Å². The highest BCUT2D eigenvalue weighted by atomic mass is 15.0. The summed E-state index contributed by atoms with van der Waals surface area (Å²) in [5.74, 6) is 1.92. The molecule has 0 saturated carbocycles. The Morgan fingerprint density at radius 1 is 0.230 bits per heavy atom. The first-order valence-corrected chi connectivity index (χ1v) is 20.6. The molecule has 0 spiro atoms. The summed E-state index contributed by atoms with van der Waals surface area (Å²) < 4.78 is 2.39. The third-order valence-electron chi connectivity index (χ3n) is 11.5. The summed E-state index contributed by atoms with van der Waals surface area (Å²) in [6, 6.07) is 81.3. The van der Waals surface area contributed by atoms with Gasteiger partial charge in [-0.2, -0.15) is 0 Å². The third-order valence-corrected chi connectivity index (χ3v) is 11.5. The summed E-state index contributed by atoms with van der Waals surface area (Å²) in [4.78, 5) is 14.9. The minimum atomic E-state index is 0.634. The predicted molar refractivity (Wildman–Crippen MR) is 252 cm³/mol. The number of nitrogens with zero attached hydrogens (tertiary/aromatic N) is 4. The van der Waals surface area contributed by atoms with Crippen molar-refractivity contribution in [3.63, 3.8) is 0 Å². The van der Waals surface area contributed by atoms with E-state index in [4.69, 9.17) is 15.0 Å². The Kier molecular flexibility index (Phi) is 9.14. The Morgan fingerprint density at radius 3 is 0.869 bits per heavy atom. The number of fused-ring (bicyclic) bond motifs is 3. The average Bonchev–Trinajstić information content (AvgIpc) is 3.68. The van der Waals surface area contributed by atoms with Gasteiger partial charge in [-0.25, -0.2) is 15.0 Å². The first kappa shape index (κ1) is 35.9. The maximum absolute atomic E-state index is 5.01. The highest BCUT2D eigenvalue weighted by Gasteiger charge is 2.16. The van der Waals surface area contributed by atoms with Crippen LogP contribution in [0.25, 0.3) is 106 Å². The standard InChI is InChI=1S/C57H38N4/c1-5-13-39(14-6-1)42-21-25-46(26-22-42)56-58-55(45-19-11-4-12-20-45)59-57(60-56)47-27-23-43(24-28-47)44-29-33-50(34-30-44)61-53-35-31-48(40-15-7-2-8-16-40)37-51(53)52-38-49(32-36-54(52)61)41-17-9-3-10-18-41/h1-38H. The van der Waals surface area contributed by atoms with Crippen LogP contribution in [0.1, 0.15) is 0 Å². The molecule has 0 amide bonds. The van der Waals surface area contributed by atoms with E-state index in [1.165, 1.54) is 49.6 Å². The number of benzene rings is 9. The average molecular weight is 779 g/mol. The predicted octanol–water partition coefficient (Wildman–Crippen LogP) is 14.6. The van der Waals surface area contributed by atoms with E-state index in [0.717, 1.165) is 39.1 Å². The smallest absolute Gasteiger partial charge is 0.164 e. The Morgan fingerprint density at radius 2 is 0.492 bits per heavy atom. The SMILES string of the molecule is c1ccc(-c2ccc(-c3nc(-c4ccccc4)nc(-c4ccc(-c5ccc(-n6c7ccc(-c8ccccc8)cc7c7cc(-c8ccccc8)ccc76)cc5)cc4)n3)cc2)cc1. The molecule has 0 aliphatic carbocycles. The molecule has 2 heterocycles. The third kappa shape index (κ3) is 6.96. The summed E-state index contributed by atoms with van der Waals surface area (Å²) in [5.41, 5.74) is 15.7. The molecule has 11 rings (SSSR count). The van der Waals surface area contributed by atoms with Gasteiger partial charge in [-0.15, -0.1) is 0 Å². The number of hydrogen-bond acceptors (Lipinski definition) is 3. The normalized spacial score (nSPS) is 11.3. The lowest BCUT2D eigenvalue weighted by Gasteiger charge is -2.11. The van der Waals surface area contributed by atoms with Crippen molar-refractivity contribution in [2.24, 2.45) is 0 Å². The second kappa shape index (κ2) is 15.5. The molecule has 0 unspecified atom stereocenters. The summed E-state index contributed by atoms with van der Waals surface area (Å²) in [7, 11) is 0. The van der Waals surface area contributed by atoms with Crippen LogP contribution in [0.5, 0.6) is 0 Å². The molecule has 11 aromatic rings. The van der Waals surface area contributed by atoms with Gasteiger partial charge < -0.3 is 4.57 Å². The molecule has 61 heavy (non-hydrogen) atoms. The first-order valence-electron chi connectivity index (χ1n) is 20.6. The maximum atomic E-state index is 5.01. The fourth-order valence-electron chi connectivity index (χ4n) is 8.33. The van der Waals surface area contributed by atoms with Crippen LogP contribution in [0.15, 0.2) is 231 Å². The van der Waals surface area contributed by atoms with Gasteiger partial charge >= 0.3 is 0 Å². The molecule has 9 aromatic carbocycles. The monoisotopic (exact) mass is 778 g/mol. The van der Waals surface area contributed by atoms with Crippen molar-refractivity contribution < 1.29 is 0 Å². The fraction of sp³-hybridized carbons (Fsp3) is 0. The van der Waals surface area contributed by atoms with E-state index in [2.05, 4.69) is 199 Å². The van der Waals surface area contributed by atoms with E-state index in [9.17, 15) is 0 Å².